The Morgan fingerprint density at radius 2 is 1.46 bits per heavy atom. The molecule has 0 aliphatic heterocycles. The van der Waals surface area contributed by atoms with Gasteiger partial charge in [0.2, 0.25) is 5.83 Å². The van der Waals surface area contributed by atoms with Crippen LogP contribution in [0.15, 0.2) is 10.1 Å². The van der Waals surface area contributed by atoms with E-state index in [4.69, 9.17) is 0 Å². The fraction of sp³-hybridized carbons (Fsp3) is 0.714. The maximum Gasteiger partial charge on any atom is 0.444 e. The molecular formula is C7H10F4S2. The van der Waals surface area contributed by atoms with E-state index < -0.39 is 12.0 Å². The highest BCUT2D eigenvalue weighted by Gasteiger charge is 2.37. The first kappa shape index (κ1) is 13.2. The summed E-state index contributed by atoms with van der Waals surface area (Å²) in [6, 6.07) is 0. The first-order valence-electron chi connectivity index (χ1n) is 3.66. The zero-order chi connectivity index (χ0) is 10.5. The van der Waals surface area contributed by atoms with Gasteiger partial charge in [0.25, 0.3) is 0 Å². The SMILES string of the molecule is CCSC(SCC)=C(F)C(F)(F)F. The molecule has 0 N–H and O–H groups in total. The van der Waals surface area contributed by atoms with Crippen molar-refractivity contribution in [2.45, 2.75) is 20.0 Å². The lowest BCUT2D eigenvalue weighted by Crippen LogP contribution is -2.09. The van der Waals surface area contributed by atoms with E-state index in [2.05, 4.69) is 0 Å². The van der Waals surface area contributed by atoms with Crippen molar-refractivity contribution in [3.8, 4) is 0 Å². The number of hydrogen-bond acceptors (Lipinski definition) is 2. The summed E-state index contributed by atoms with van der Waals surface area (Å²) in [5.74, 6) is -1.09. The fourth-order valence-corrected chi connectivity index (χ4v) is 2.60. The van der Waals surface area contributed by atoms with Crippen LogP contribution in [0.1, 0.15) is 13.8 Å². The van der Waals surface area contributed by atoms with E-state index in [9.17, 15) is 17.6 Å². The van der Waals surface area contributed by atoms with Gasteiger partial charge in [-0.1, -0.05) is 13.8 Å². The molecule has 0 bridgehead atoms. The largest absolute Gasteiger partial charge is 0.444 e. The monoisotopic (exact) mass is 234 g/mol. The Hall–Kier alpha value is 0.160. The molecule has 0 saturated heterocycles. The summed E-state index contributed by atoms with van der Waals surface area (Å²) in [5, 5.41) is 0. The van der Waals surface area contributed by atoms with Crippen molar-refractivity contribution >= 4 is 23.5 Å². The summed E-state index contributed by atoms with van der Waals surface area (Å²) in [6.07, 6.45) is -4.85. The highest BCUT2D eigenvalue weighted by molar-refractivity contribution is 8.22. The van der Waals surface area contributed by atoms with Gasteiger partial charge in [-0.25, -0.2) is 0 Å². The third-order valence-corrected chi connectivity index (χ3v) is 3.15. The number of thioether (sulfide) groups is 2. The smallest absolute Gasteiger partial charge is 0.200 e. The van der Waals surface area contributed by atoms with Gasteiger partial charge < -0.3 is 0 Å². The Labute approximate surface area is 83.1 Å². The minimum atomic E-state index is -4.85. The minimum absolute atomic E-state index is 0.266. The van der Waals surface area contributed by atoms with Crippen LogP contribution >= 0.6 is 23.5 Å². The molecule has 6 heteroatoms. The van der Waals surface area contributed by atoms with Gasteiger partial charge in [-0.15, -0.1) is 23.5 Å². The van der Waals surface area contributed by atoms with Gasteiger partial charge in [0.15, 0.2) is 0 Å². The van der Waals surface area contributed by atoms with E-state index in [1.165, 1.54) is 0 Å². The Kier molecular flexibility index (Phi) is 5.87. The maximum absolute atomic E-state index is 12.7. The van der Waals surface area contributed by atoms with Crippen molar-refractivity contribution in [3.63, 3.8) is 0 Å². The van der Waals surface area contributed by atoms with Gasteiger partial charge in [0.1, 0.15) is 0 Å². The van der Waals surface area contributed by atoms with Crippen LogP contribution in [-0.2, 0) is 0 Å². The Balaban J connectivity index is 4.63. The Bertz CT molecular complexity index is 177. The average Bonchev–Trinajstić information content (AvgIpc) is 2.01. The predicted molar refractivity (Wildman–Crippen MR) is 50.5 cm³/mol. The van der Waals surface area contributed by atoms with Gasteiger partial charge in [-0.3, -0.25) is 0 Å². The molecule has 0 amide bonds. The molecule has 0 nitrogen and oxygen atoms in total. The lowest BCUT2D eigenvalue weighted by atomic mass is 10.6. The normalized spacial score (nSPS) is 11.5. The van der Waals surface area contributed by atoms with Gasteiger partial charge in [0.05, 0.1) is 4.24 Å². The lowest BCUT2D eigenvalue weighted by molar-refractivity contribution is -0.108. The zero-order valence-electron chi connectivity index (χ0n) is 7.24. The van der Waals surface area contributed by atoms with Crippen molar-refractivity contribution in [1.29, 1.82) is 0 Å². The maximum atomic E-state index is 12.7. The third-order valence-electron chi connectivity index (χ3n) is 0.979. The molecule has 0 aliphatic rings. The van der Waals surface area contributed by atoms with Gasteiger partial charge in [-0.2, -0.15) is 17.6 Å². The highest BCUT2D eigenvalue weighted by atomic mass is 32.2. The van der Waals surface area contributed by atoms with Crippen LogP contribution in [0.25, 0.3) is 0 Å². The second kappa shape index (κ2) is 5.80. The van der Waals surface area contributed by atoms with Crippen molar-refractivity contribution in [1.82, 2.24) is 0 Å². The second-order valence-electron chi connectivity index (χ2n) is 1.97. The van der Waals surface area contributed by atoms with Crippen LogP contribution < -0.4 is 0 Å². The number of alkyl halides is 3. The molecule has 0 rings (SSSR count). The summed E-state index contributed by atoms with van der Waals surface area (Å²) < 4.78 is 48.1. The predicted octanol–water partition coefficient (Wildman–Crippen LogP) is 4.19. The average molecular weight is 234 g/mol. The van der Waals surface area contributed by atoms with Gasteiger partial charge >= 0.3 is 6.18 Å². The van der Waals surface area contributed by atoms with Gasteiger partial charge in [-0.05, 0) is 11.5 Å². The fourth-order valence-electron chi connectivity index (χ4n) is 0.546. The summed E-state index contributed by atoms with van der Waals surface area (Å²) in [5.41, 5.74) is 0. The summed E-state index contributed by atoms with van der Waals surface area (Å²) in [7, 11) is 0. The quantitative estimate of drug-likeness (QED) is 0.669. The number of allylic oxidation sites excluding steroid dienone is 1. The van der Waals surface area contributed by atoms with Crippen LogP contribution in [0.5, 0.6) is 0 Å². The van der Waals surface area contributed by atoms with Crippen LogP contribution in [0.4, 0.5) is 17.6 Å². The highest BCUT2D eigenvalue weighted by Crippen LogP contribution is 2.39. The zero-order valence-corrected chi connectivity index (χ0v) is 8.88. The third kappa shape index (κ3) is 4.81. The molecule has 0 radical (unpaired) electrons. The van der Waals surface area contributed by atoms with Crippen molar-refractivity contribution in [2.75, 3.05) is 11.5 Å². The lowest BCUT2D eigenvalue weighted by Gasteiger charge is -2.08. The molecule has 0 unspecified atom stereocenters. The molecule has 0 heterocycles. The van der Waals surface area contributed by atoms with E-state index in [0.29, 0.717) is 11.5 Å². The topological polar surface area (TPSA) is 0 Å². The molecule has 0 aromatic heterocycles. The standard InChI is InChI=1S/C7H10F4S2/c1-3-12-6(13-4-2)5(8)7(9,10)11/h3-4H2,1-2H3. The van der Waals surface area contributed by atoms with E-state index in [0.717, 1.165) is 23.5 Å². The van der Waals surface area contributed by atoms with E-state index in [1.54, 1.807) is 13.8 Å². The first-order chi connectivity index (χ1) is 5.93. The molecular weight excluding hydrogens is 224 g/mol. The number of hydrogen-bond donors (Lipinski definition) is 0. The van der Waals surface area contributed by atoms with E-state index in [1.807, 2.05) is 0 Å². The summed E-state index contributed by atoms with van der Waals surface area (Å²) in [6.45, 7) is 3.37. The minimum Gasteiger partial charge on any atom is -0.200 e. The Morgan fingerprint density at radius 1 is 1.08 bits per heavy atom. The number of halogens is 4. The second-order valence-corrected chi connectivity index (χ2v) is 4.77. The van der Waals surface area contributed by atoms with Crippen molar-refractivity contribution in [3.05, 3.63) is 10.1 Å². The van der Waals surface area contributed by atoms with E-state index in [-0.39, 0.29) is 4.24 Å². The van der Waals surface area contributed by atoms with Crippen LogP contribution in [-0.4, -0.2) is 17.7 Å². The Morgan fingerprint density at radius 3 is 1.69 bits per heavy atom. The van der Waals surface area contributed by atoms with Gasteiger partial charge in [0, 0.05) is 0 Å². The molecule has 13 heavy (non-hydrogen) atoms. The molecule has 0 aromatic carbocycles. The van der Waals surface area contributed by atoms with Crippen LogP contribution in [0, 0.1) is 0 Å². The molecule has 0 aliphatic carbocycles. The molecule has 0 spiro atoms. The summed E-state index contributed by atoms with van der Waals surface area (Å²) >= 11 is 1.77. The molecule has 0 atom stereocenters. The molecule has 0 aromatic rings. The first-order valence-corrected chi connectivity index (χ1v) is 5.63. The molecule has 78 valence electrons. The van der Waals surface area contributed by atoms with Crippen LogP contribution in [0.3, 0.4) is 0 Å². The van der Waals surface area contributed by atoms with E-state index >= 15 is 0 Å². The number of rotatable bonds is 4. The molecule has 0 saturated carbocycles. The summed E-state index contributed by atoms with van der Waals surface area (Å²) in [4.78, 5) is 0. The van der Waals surface area contributed by atoms with Crippen molar-refractivity contribution < 1.29 is 17.6 Å². The molecule has 0 fully saturated rings. The van der Waals surface area contributed by atoms with Crippen molar-refractivity contribution in [2.24, 2.45) is 0 Å². The van der Waals surface area contributed by atoms with Crippen LogP contribution in [0.2, 0.25) is 0 Å².